The standard InChI is InChI=1S/C28H26N6O4.C20H19N5O2.C19H17N5O2.C18H16BrN5.C17H17BrN4.C2H7NO.C2H6/c1-18-32-33-26-25(31-28(37)38-17-19-8-4-2-5-9-19)30-24(20-10-6-3-7-11-20)22-13-12-21(16-23(22)34(18)26)27(36)29-14-15-35;1-12-23-24-19-18(21-2)22-17(13-7-5-4-6-8-13)15-10-9-14(20(26)27-3)11-16(15)25(12)19;1-11-22-23-18-17(20-2)21-16(12-6-4-3-5-7-12)14-9-8-13(19(25)26)10-15(14)24(11)18;1-11-22-23-18-17(20-2)21-16(12-6-4-3-5-7-12)14-9-8-13(19)10-15(14)24(11)18;1-20-17-15(22-19)10-12-9-13(18)7-8-14(12)16(21-17)11-5-3-2-4-6-11;3-1-2-4;1-2/h2-13,16,25,35H,14-15,17H2,1H3,(H,29,36)(H,31,37);4-11,18,21H,1-3H3;3-10,17,20H,1-2H3,(H,25,26);3-10,17,20H,1-2H3;2-9,17,20H,10,19H2,1H3;4H,1-3H2;1-2H3/b;;;;22-15+;;. The molecule has 15 aromatic rings. The number of amides is 2. The van der Waals surface area contributed by atoms with Crippen LogP contribution in [0.2, 0.25) is 0 Å². The summed E-state index contributed by atoms with van der Waals surface area (Å²) in [6.45, 7) is 12.0. The molecule has 0 radical (unpaired) electrons. The van der Waals surface area contributed by atoms with Gasteiger partial charge in [-0.2, -0.15) is 5.10 Å². The van der Waals surface area contributed by atoms with Crippen LogP contribution in [0.1, 0.15) is 183 Å². The number of ether oxygens (including phenoxy) is 2. The number of halogens is 2. The summed E-state index contributed by atoms with van der Waals surface area (Å²) in [6.07, 6.45) is -2.12. The Bertz CT molecular complexity index is 7220. The number of hydrogen-bond acceptors (Lipinski definition) is 28. The van der Waals surface area contributed by atoms with Crippen LogP contribution in [0.4, 0.5) is 4.79 Å². The number of carbonyl (C=O) groups excluding carboxylic acids is 3. The van der Waals surface area contributed by atoms with Crippen molar-refractivity contribution in [3.8, 4) is 22.7 Å². The number of esters is 1. The highest BCUT2D eigenvalue weighted by Gasteiger charge is 2.35. The SMILES string of the molecule is CC.CNC1N=C(c2ccccc2)c2ccc(Br)cc2-n2c(C)nnc21.CNC1N=C(c2ccccc2)c2ccc(Br)cc2C/C1=N\N.CNC1N=C(c2ccccc2)c2ccc(C(=O)O)cc2-n2c(C)nnc21.CNC1N=C(c2ccccc2)c2ccc(C(=O)OC)cc2-n2c(C)nnc21.Cc1nnc2n1-c1cc(C(=O)NCCO)ccc1C(c1ccccc1)=NC2NC(=O)OCc1ccccc1.NCCO. The first-order valence-electron chi connectivity index (χ1n) is 45.9. The number of methoxy groups -OCH3 is 1. The van der Waals surface area contributed by atoms with Crippen molar-refractivity contribution in [1.29, 1.82) is 0 Å². The molecule has 4 aromatic heterocycles. The summed E-state index contributed by atoms with van der Waals surface area (Å²) >= 11 is 7.12. The number of benzene rings is 11. The molecule has 2 amide bonds. The average molecular weight is 2050 g/mol. The van der Waals surface area contributed by atoms with Crippen LogP contribution < -0.4 is 43.5 Å². The van der Waals surface area contributed by atoms with Crippen LogP contribution in [0.15, 0.2) is 312 Å². The first-order chi connectivity index (χ1) is 69.6. The summed E-state index contributed by atoms with van der Waals surface area (Å²) in [5, 5.41) is 82.6. The number of carboxylic acid groups (broad SMARTS) is 1. The Labute approximate surface area is 843 Å². The summed E-state index contributed by atoms with van der Waals surface area (Å²) in [7, 11) is 8.77. The van der Waals surface area contributed by atoms with Crippen molar-refractivity contribution in [2.45, 2.75) is 85.4 Å². The molecule has 35 nitrogen and oxygen atoms in total. The predicted octanol–water partition coefficient (Wildman–Crippen LogP) is 13.9. The number of hydrogen-bond donors (Lipinski definition) is 11. The van der Waals surface area contributed by atoms with Crippen molar-refractivity contribution in [3.05, 3.63) is 412 Å². The van der Waals surface area contributed by atoms with Gasteiger partial charge >= 0.3 is 18.0 Å². The molecule has 0 saturated heterocycles. The van der Waals surface area contributed by atoms with E-state index in [0.29, 0.717) is 70.3 Å². The normalized spacial score (nSPS) is 15.4. The summed E-state index contributed by atoms with van der Waals surface area (Å²) in [5.41, 5.74) is 25.6. The fraction of sp³-hybridized carbons (Fsp3) is 0.208. The Kier molecular flexibility index (Phi) is 35.2. The number of carboxylic acids is 1. The number of nitrogens with one attached hydrogen (secondary N) is 6. The van der Waals surface area contributed by atoms with Gasteiger partial charge in [0.05, 0.1) is 88.5 Å². The largest absolute Gasteiger partial charge is 0.478 e. The van der Waals surface area contributed by atoms with Gasteiger partial charge in [0.2, 0.25) is 0 Å². The minimum atomic E-state index is -0.979. The Morgan fingerprint density at radius 3 is 1.10 bits per heavy atom. The van der Waals surface area contributed by atoms with E-state index in [0.717, 1.165) is 128 Å². The van der Waals surface area contributed by atoms with E-state index in [1.165, 1.54) is 12.7 Å². The van der Waals surface area contributed by atoms with Crippen molar-refractivity contribution in [3.63, 3.8) is 0 Å². The highest BCUT2D eigenvalue weighted by atomic mass is 79.9. The first-order valence-corrected chi connectivity index (χ1v) is 47.5. The number of aromatic carboxylic acids is 1. The highest BCUT2D eigenvalue weighted by Crippen LogP contribution is 2.38. The third-order valence-electron chi connectivity index (χ3n) is 23.0. The van der Waals surface area contributed by atoms with Gasteiger partial charge in [-0.05, 0) is 152 Å². The van der Waals surface area contributed by atoms with E-state index in [-0.39, 0.29) is 56.3 Å². The van der Waals surface area contributed by atoms with Crippen LogP contribution >= 0.6 is 31.9 Å². The van der Waals surface area contributed by atoms with E-state index >= 15 is 0 Å². The molecule has 9 heterocycles. The zero-order valence-electron chi connectivity index (χ0n) is 80.4. The Balaban J connectivity index is 0.000000141. The van der Waals surface area contributed by atoms with Crippen LogP contribution in [-0.4, -0.2) is 200 Å². The van der Waals surface area contributed by atoms with E-state index in [4.69, 9.17) is 56.2 Å². The molecule has 13 N–H and O–H groups in total. The van der Waals surface area contributed by atoms with Crippen LogP contribution in [-0.2, 0) is 22.5 Å². The lowest BCUT2D eigenvalue weighted by atomic mass is 9.96. The number of aliphatic hydroxyl groups excluding tert-OH is 2. The van der Waals surface area contributed by atoms with Crippen molar-refractivity contribution in [1.82, 2.24) is 91.0 Å². The van der Waals surface area contributed by atoms with E-state index in [9.17, 15) is 24.3 Å². The minimum absolute atomic E-state index is 0.0972. The fourth-order valence-corrected chi connectivity index (χ4v) is 17.2. The monoisotopic (exact) mass is 2050 g/mol. The summed E-state index contributed by atoms with van der Waals surface area (Å²) in [6, 6.07) is 87.3. The summed E-state index contributed by atoms with van der Waals surface area (Å²) in [5.74, 6) is 9.15. The second-order valence-electron chi connectivity index (χ2n) is 32.1. The first kappa shape index (κ1) is 103. The molecule has 11 aromatic carbocycles. The third kappa shape index (κ3) is 23.6. The van der Waals surface area contributed by atoms with Gasteiger partial charge in [0.25, 0.3) is 5.91 Å². The number of aromatic nitrogens is 12. The molecule has 0 aliphatic carbocycles. The number of alkyl carbamates (subject to hydrolysis) is 1. The molecule has 37 heteroatoms. The van der Waals surface area contributed by atoms with Gasteiger partial charge in [-0.15, -0.1) is 40.8 Å². The topological polar surface area (TPSA) is 469 Å². The van der Waals surface area contributed by atoms with Crippen molar-refractivity contribution in [2.75, 3.05) is 61.6 Å². The number of nitrogens with zero attached hydrogens (tertiary/aromatic N) is 18. The summed E-state index contributed by atoms with van der Waals surface area (Å²) in [4.78, 5) is 73.6. The van der Waals surface area contributed by atoms with Gasteiger partial charge in [0.1, 0.15) is 36.1 Å². The van der Waals surface area contributed by atoms with E-state index in [1.54, 1.807) is 54.0 Å². The molecular weight excluding hydrogens is 1940 g/mol. The summed E-state index contributed by atoms with van der Waals surface area (Å²) < 4.78 is 20.0. The maximum atomic E-state index is 12.8. The van der Waals surface area contributed by atoms with Crippen LogP contribution in [0.25, 0.3) is 22.7 Å². The van der Waals surface area contributed by atoms with Gasteiger partial charge in [0.15, 0.2) is 48.0 Å². The average Bonchev–Trinajstić information content (AvgIpc) is 1.63. The Hall–Kier alpha value is -15.8. The lowest BCUT2D eigenvalue weighted by molar-refractivity contribution is 0.0599. The molecule has 20 rings (SSSR count). The molecule has 730 valence electrons. The van der Waals surface area contributed by atoms with Gasteiger partial charge in [-0.1, -0.05) is 234 Å². The van der Waals surface area contributed by atoms with Gasteiger partial charge in [0, 0.05) is 89.7 Å². The maximum Gasteiger partial charge on any atom is 0.409 e. The Morgan fingerprint density at radius 1 is 0.413 bits per heavy atom. The molecule has 5 atom stereocenters. The number of hydrazone groups is 1. The third-order valence-corrected chi connectivity index (χ3v) is 24.0. The number of carbonyl (C=O) groups is 4. The number of aliphatic imine (C=N–C) groups is 5. The molecule has 0 saturated carbocycles. The Morgan fingerprint density at radius 2 is 0.734 bits per heavy atom. The fourth-order valence-electron chi connectivity index (χ4n) is 16.4. The molecule has 143 heavy (non-hydrogen) atoms. The van der Waals surface area contributed by atoms with Crippen LogP contribution in [0.5, 0.6) is 0 Å². The molecule has 0 bridgehead atoms. The predicted molar refractivity (Wildman–Crippen MR) is 558 cm³/mol. The number of rotatable bonds is 18. The van der Waals surface area contributed by atoms with E-state index in [2.05, 4.69) is 163 Å². The van der Waals surface area contributed by atoms with Gasteiger partial charge < -0.3 is 41.7 Å². The van der Waals surface area contributed by atoms with Crippen molar-refractivity contribution in [2.24, 2.45) is 41.6 Å². The zero-order chi connectivity index (χ0) is 101. The van der Waals surface area contributed by atoms with Crippen molar-refractivity contribution < 1.29 is 44.0 Å². The second-order valence-corrected chi connectivity index (χ2v) is 33.9. The number of nitrogens with two attached hydrogens (primary N) is 2. The lowest BCUT2D eigenvalue weighted by Gasteiger charge is -2.15. The molecular formula is C106H108Br2N26O9. The minimum Gasteiger partial charge on any atom is -0.478 e. The van der Waals surface area contributed by atoms with Gasteiger partial charge in [-0.3, -0.25) is 74.6 Å². The zero-order valence-corrected chi connectivity index (χ0v) is 83.5. The molecule has 0 fully saturated rings. The molecule has 0 spiro atoms. The maximum absolute atomic E-state index is 12.8. The van der Waals surface area contributed by atoms with Crippen LogP contribution in [0, 0.1) is 27.7 Å². The van der Waals surface area contributed by atoms with E-state index in [1.807, 2.05) is 254 Å². The smallest absolute Gasteiger partial charge is 0.409 e. The van der Waals surface area contributed by atoms with Crippen LogP contribution in [0.3, 0.4) is 0 Å². The number of fused-ring (bicyclic) bond motifs is 13. The molecule has 5 aliphatic rings. The highest BCUT2D eigenvalue weighted by molar-refractivity contribution is 9.10. The molecule has 5 aliphatic heterocycles. The second kappa shape index (κ2) is 48.8. The quantitative estimate of drug-likeness (QED) is 0.0216. The molecule has 5 unspecified atom stereocenters. The lowest BCUT2D eigenvalue weighted by Crippen LogP contribution is -2.34. The van der Waals surface area contributed by atoms with E-state index < -0.39 is 30.4 Å². The number of aliphatic hydroxyl groups is 2. The van der Waals surface area contributed by atoms with Crippen molar-refractivity contribution >= 4 is 90.1 Å². The number of aryl methyl sites for hydroxylation is 4. The van der Waals surface area contributed by atoms with Gasteiger partial charge in [-0.25, -0.2) is 14.4 Å².